The molecule has 0 bridgehead atoms. The smallest absolute Gasteiger partial charge is 0.228 e. The Kier molecular flexibility index (Phi) is 2.79. The molecule has 1 aliphatic carbocycles. The van der Waals surface area contributed by atoms with Gasteiger partial charge in [0.15, 0.2) is 0 Å². The van der Waals surface area contributed by atoms with Gasteiger partial charge in [0, 0.05) is 5.92 Å². The van der Waals surface area contributed by atoms with Gasteiger partial charge in [-0.05, 0) is 28.8 Å². The third-order valence-electron chi connectivity index (χ3n) is 2.78. The van der Waals surface area contributed by atoms with Crippen LogP contribution in [-0.4, -0.2) is 13.5 Å². The van der Waals surface area contributed by atoms with Crippen molar-refractivity contribution >= 4 is 30.8 Å². The molecular weight excluding hydrogens is 266 g/mol. The van der Waals surface area contributed by atoms with Crippen LogP contribution in [0, 0.1) is 5.92 Å². The van der Waals surface area contributed by atoms with E-state index < -0.39 is 9.84 Å². The fraction of sp³-hybridized carbons (Fsp3) is 0.667. The van der Waals surface area contributed by atoms with Crippen LogP contribution in [0.1, 0.15) is 32.1 Å². The average Bonchev–Trinajstić information content (AvgIpc) is 2.44. The number of sulfone groups is 1. The molecule has 2 aliphatic rings. The molecule has 0 aromatic heterocycles. The maximum Gasteiger partial charge on any atom is 0.228 e. The highest BCUT2D eigenvalue weighted by Gasteiger charge is 2.34. The van der Waals surface area contributed by atoms with E-state index in [4.69, 9.17) is 0 Å². The minimum atomic E-state index is -3.24. The molecule has 0 unspecified atom stereocenters. The second kappa shape index (κ2) is 3.77. The Balaban J connectivity index is 2.22. The van der Waals surface area contributed by atoms with Gasteiger partial charge in [0.2, 0.25) is 9.84 Å². The van der Waals surface area contributed by atoms with Crippen molar-refractivity contribution in [2.45, 2.75) is 32.1 Å². The topological polar surface area (TPSA) is 46.5 Å². The Morgan fingerprint density at radius 3 is 2.43 bits per heavy atom. The maximum atomic E-state index is 11.7. The van der Waals surface area contributed by atoms with Crippen LogP contribution >= 0.6 is 15.9 Å². The highest BCUT2D eigenvalue weighted by Crippen LogP contribution is 2.33. The molecule has 0 N–H and O–H groups in total. The molecule has 0 amide bonds. The van der Waals surface area contributed by atoms with Crippen LogP contribution in [0.2, 0.25) is 0 Å². The molecule has 0 saturated heterocycles. The van der Waals surface area contributed by atoms with E-state index in [0.29, 0.717) is 5.04 Å². The molecule has 0 aromatic carbocycles. The van der Waals surface area contributed by atoms with Crippen molar-refractivity contribution in [3.8, 4) is 0 Å². The first-order valence-electron chi connectivity index (χ1n) is 4.81. The molecule has 2 rings (SSSR count). The summed E-state index contributed by atoms with van der Waals surface area (Å²) in [6.45, 7) is 0. The van der Waals surface area contributed by atoms with Gasteiger partial charge in [-0.15, -0.1) is 0 Å². The number of hydrogen-bond acceptors (Lipinski definition) is 3. The largest absolute Gasteiger partial charge is 0.247 e. The molecule has 3 nitrogen and oxygen atoms in total. The summed E-state index contributed by atoms with van der Waals surface area (Å²) < 4.78 is 23.7. The molecule has 78 valence electrons. The minimum Gasteiger partial charge on any atom is -0.247 e. The van der Waals surface area contributed by atoms with Crippen molar-refractivity contribution in [3.05, 3.63) is 10.0 Å². The van der Waals surface area contributed by atoms with Crippen LogP contribution in [0.25, 0.3) is 0 Å². The van der Waals surface area contributed by atoms with Gasteiger partial charge in [-0.1, -0.05) is 19.3 Å². The molecule has 1 saturated carbocycles. The highest BCUT2D eigenvalue weighted by molar-refractivity contribution is 9.14. The SMILES string of the molecule is O=S1(=O)C(Br)=CN=C1C1CCCCC1. The van der Waals surface area contributed by atoms with Gasteiger partial charge >= 0.3 is 0 Å². The lowest BCUT2D eigenvalue weighted by Crippen LogP contribution is -2.23. The molecule has 1 heterocycles. The first-order chi connectivity index (χ1) is 6.62. The molecular formula is C9H12BrNO2S. The van der Waals surface area contributed by atoms with Gasteiger partial charge in [-0.3, -0.25) is 0 Å². The monoisotopic (exact) mass is 277 g/mol. The molecule has 0 atom stereocenters. The molecule has 1 fully saturated rings. The molecule has 1 aliphatic heterocycles. The van der Waals surface area contributed by atoms with Gasteiger partial charge in [0.1, 0.15) is 8.86 Å². The summed E-state index contributed by atoms with van der Waals surface area (Å²) in [4.78, 5) is 4.01. The maximum absolute atomic E-state index is 11.7. The number of halogens is 1. The standard InChI is InChI=1S/C9H12BrNO2S/c10-8-6-11-9(14(8,12)13)7-4-2-1-3-5-7/h6-7H,1-5H2. The van der Waals surface area contributed by atoms with Crippen LogP contribution in [0.3, 0.4) is 0 Å². The van der Waals surface area contributed by atoms with Crippen molar-refractivity contribution in [3.63, 3.8) is 0 Å². The summed E-state index contributed by atoms with van der Waals surface area (Å²) >= 11 is 3.03. The van der Waals surface area contributed by atoms with E-state index in [-0.39, 0.29) is 9.73 Å². The summed E-state index contributed by atoms with van der Waals surface area (Å²) in [5.41, 5.74) is 0. The van der Waals surface area contributed by atoms with E-state index >= 15 is 0 Å². The van der Waals surface area contributed by atoms with E-state index in [0.717, 1.165) is 25.7 Å². The van der Waals surface area contributed by atoms with Gasteiger partial charge in [-0.2, -0.15) is 0 Å². The third-order valence-corrected chi connectivity index (χ3v) is 5.87. The Morgan fingerprint density at radius 1 is 1.29 bits per heavy atom. The predicted molar refractivity (Wildman–Crippen MR) is 59.9 cm³/mol. The van der Waals surface area contributed by atoms with Crippen LogP contribution in [0.15, 0.2) is 15.0 Å². The van der Waals surface area contributed by atoms with E-state index in [9.17, 15) is 8.42 Å². The zero-order valence-electron chi connectivity index (χ0n) is 7.74. The average molecular weight is 278 g/mol. The summed E-state index contributed by atoms with van der Waals surface area (Å²) in [5, 5.41) is 0.379. The Hall–Kier alpha value is -0.160. The minimum absolute atomic E-state index is 0.153. The van der Waals surface area contributed by atoms with Crippen molar-refractivity contribution < 1.29 is 8.42 Å². The Labute approximate surface area is 92.3 Å². The lowest BCUT2D eigenvalue weighted by atomic mass is 9.90. The van der Waals surface area contributed by atoms with Crippen molar-refractivity contribution in [2.24, 2.45) is 10.9 Å². The number of hydrogen-bond donors (Lipinski definition) is 0. The lowest BCUT2D eigenvalue weighted by Gasteiger charge is -2.20. The second-order valence-corrected chi connectivity index (χ2v) is 6.98. The summed E-state index contributed by atoms with van der Waals surface area (Å²) in [5.74, 6) is 0.153. The van der Waals surface area contributed by atoms with Gasteiger partial charge in [0.25, 0.3) is 0 Å². The molecule has 14 heavy (non-hydrogen) atoms. The lowest BCUT2D eigenvalue weighted by molar-refractivity contribution is 0.442. The van der Waals surface area contributed by atoms with E-state index in [1.165, 1.54) is 12.6 Å². The zero-order valence-corrected chi connectivity index (χ0v) is 10.1. The molecule has 5 heteroatoms. The van der Waals surface area contributed by atoms with E-state index in [2.05, 4.69) is 20.9 Å². The second-order valence-electron chi connectivity index (χ2n) is 3.74. The van der Waals surface area contributed by atoms with Crippen molar-refractivity contribution in [1.29, 1.82) is 0 Å². The number of nitrogens with zero attached hydrogens (tertiary/aromatic N) is 1. The number of rotatable bonds is 1. The van der Waals surface area contributed by atoms with Crippen LogP contribution in [0.4, 0.5) is 0 Å². The number of aliphatic imine (C=N–C) groups is 1. The first kappa shape index (κ1) is 10.4. The Bertz CT molecular complexity index is 391. The van der Waals surface area contributed by atoms with Gasteiger partial charge in [-0.25, -0.2) is 13.4 Å². The van der Waals surface area contributed by atoms with Crippen molar-refractivity contribution in [1.82, 2.24) is 0 Å². The molecule has 0 aromatic rings. The van der Waals surface area contributed by atoms with Crippen LogP contribution in [-0.2, 0) is 9.84 Å². The normalized spacial score (nSPS) is 27.2. The van der Waals surface area contributed by atoms with Crippen LogP contribution < -0.4 is 0 Å². The quantitative estimate of drug-likeness (QED) is 0.740. The van der Waals surface area contributed by atoms with Crippen molar-refractivity contribution in [2.75, 3.05) is 0 Å². The van der Waals surface area contributed by atoms with Crippen LogP contribution in [0.5, 0.6) is 0 Å². The van der Waals surface area contributed by atoms with E-state index in [1.807, 2.05) is 0 Å². The zero-order chi connectivity index (χ0) is 10.2. The van der Waals surface area contributed by atoms with Gasteiger partial charge in [0.05, 0.1) is 6.20 Å². The third kappa shape index (κ3) is 1.67. The summed E-state index contributed by atoms with van der Waals surface area (Å²) in [7, 11) is -3.24. The van der Waals surface area contributed by atoms with Gasteiger partial charge < -0.3 is 0 Å². The summed E-state index contributed by atoms with van der Waals surface area (Å²) in [6.07, 6.45) is 6.80. The molecule has 0 radical (unpaired) electrons. The predicted octanol–water partition coefficient (Wildman–Crippen LogP) is 2.59. The highest BCUT2D eigenvalue weighted by atomic mass is 79.9. The fourth-order valence-corrected chi connectivity index (χ4v) is 3.88. The Morgan fingerprint density at radius 2 is 1.93 bits per heavy atom. The molecule has 0 spiro atoms. The first-order valence-corrected chi connectivity index (χ1v) is 7.08. The van der Waals surface area contributed by atoms with E-state index in [1.54, 1.807) is 0 Å². The fourth-order valence-electron chi connectivity index (χ4n) is 2.03. The summed E-state index contributed by atoms with van der Waals surface area (Å²) in [6, 6.07) is 0.